The molecule has 0 aromatic carbocycles. The summed E-state index contributed by atoms with van der Waals surface area (Å²) in [6.07, 6.45) is 1.78. The van der Waals surface area contributed by atoms with Crippen LogP contribution in [0.25, 0.3) is 5.65 Å². The van der Waals surface area contributed by atoms with Gasteiger partial charge in [-0.2, -0.15) is 0 Å². The Morgan fingerprint density at radius 3 is 2.73 bits per heavy atom. The molecule has 0 fully saturated rings. The quantitative estimate of drug-likeness (QED) is 0.837. The monoisotopic (exact) mass is 243 g/mol. The molecule has 0 aliphatic heterocycles. The first-order valence-electron chi connectivity index (χ1n) is 4.60. The smallest absolute Gasteiger partial charge is 0.156 e. The van der Waals surface area contributed by atoms with Crippen molar-refractivity contribution in [1.29, 1.82) is 0 Å². The highest BCUT2D eigenvalue weighted by molar-refractivity contribution is 6.36. The van der Waals surface area contributed by atoms with Crippen LogP contribution in [0, 0.1) is 6.92 Å². The fraction of sp³-hybridized carbons (Fsp3) is 0.300. The molecule has 0 saturated heterocycles. The Kier molecular flexibility index (Phi) is 2.63. The summed E-state index contributed by atoms with van der Waals surface area (Å²) in [7, 11) is 0. The molecule has 0 aliphatic carbocycles. The van der Waals surface area contributed by atoms with Crippen LogP contribution in [0.5, 0.6) is 0 Å². The summed E-state index contributed by atoms with van der Waals surface area (Å²) in [5.74, 6) is 0. The number of pyridine rings is 1. The van der Waals surface area contributed by atoms with E-state index in [1.807, 2.05) is 18.2 Å². The number of aromatic nitrogens is 2. The second kappa shape index (κ2) is 3.67. The minimum atomic E-state index is -0.102. The molecule has 0 aliphatic rings. The largest absolute Gasteiger partial charge is 0.323 e. The van der Waals surface area contributed by atoms with E-state index in [1.165, 1.54) is 0 Å². The van der Waals surface area contributed by atoms with Gasteiger partial charge in [0.2, 0.25) is 0 Å². The summed E-state index contributed by atoms with van der Waals surface area (Å²) in [6, 6.07) is 1.57. The third-order valence-electron chi connectivity index (χ3n) is 2.29. The lowest BCUT2D eigenvalue weighted by Gasteiger charge is -2.07. The van der Waals surface area contributed by atoms with Crippen molar-refractivity contribution in [1.82, 2.24) is 9.38 Å². The van der Waals surface area contributed by atoms with Gasteiger partial charge >= 0.3 is 0 Å². The van der Waals surface area contributed by atoms with Crippen LogP contribution in [-0.2, 0) is 0 Å². The second-order valence-corrected chi connectivity index (χ2v) is 4.41. The highest BCUT2D eigenvalue weighted by atomic mass is 35.5. The SMILES string of the molecule is Cc1nc2c(Cl)cc(Cl)cn2c1C(C)N. The van der Waals surface area contributed by atoms with Gasteiger partial charge in [-0.1, -0.05) is 23.2 Å². The Bertz CT molecular complexity index is 517. The van der Waals surface area contributed by atoms with Gasteiger partial charge in [0.05, 0.1) is 21.4 Å². The van der Waals surface area contributed by atoms with Crippen molar-refractivity contribution in [2.75, 3.05) is 0 Å². The molecule has 2 N–H and O–H groups in total. The van der Waals surface area contributed by atoms with Crippen LogP contribution in [0.3, 0.4) is 0 Å². The highest BCUT2D eigenvalue weighted by Gasteiger charge is 2.14. The van der Waals surface area contributed by atoms with E-state index in [0.29, 0.717) is 15.7 Å². The fourth-order valence-corrected chi connectivity index (χ4v) is 2.27. The third-order valence-corrected chi connectivity index (χ3v) is 2.78. The molecule has 3 nitrogen and oxygen atoms in total. The predicted octanol–water partition coefficient (Wildman–Crippen LogP) is 2.97. The summed E-state index contributed by atoms with van der Waals surface area (Å²) in [5.41, 5.74) is 8.40. The number of halogens is 2. The number of rotatable bonds is 1. The van der Waals surface area contributed by atoms with E-state index < -0.39 is 0 Å². The molecule has 1 unspecified atom stereocenters. The summed E-state index contributed by atoms with van der Waals surface area (Å²) < 4.78 is 1.85. The molecule has 5 heteroatoms. The molecule has 0 amide bonds. The summed E-state index contributed by atoms with van der Waals surface area (Å²) in [5, 5.41) is 1.12. The number of nitrogens with two attached hydrogens (primary N) is 1. The number of nitrogens with zero attached hydrogens (tertiary/aromatic N) is 2. The fourth-order valence-electron chi connectivity index (χ4n) is 1.75. The highest BCUT2D eigenvalue weighted by Crippen LogP contribution is 2.26. The molecule has 0 spiro atoms. The zero-order valence-electron chi connectivity index (χ0n) is 8.46. The third kappa shape index (κ3) is 1.71. The lowest BCUT2D eigenvalue weighted by Crippen LogP contribution is -2.09. The van der Waals surface area contributed by atoms with Crippen molar-refractivity contribution >= 4 is 28.8 Å². The first-order valence-corrected chi connectivity index (χ1v) is 5.35. The van der Waals surface area contributed by atoms with Gasteiger partial charge in [-0.05, 0) is 19.9 Å². The van der Waals surface area contributed by atoms with Crippen LogP contribution in [0.1, 0.15) is 24.4 Å². The minimum Gasteiger partial charge on any atom is -0.323 e. The van der Waals surface area contributed by atoms with E-state index in [4.69, 9.17) is 28.9 Å². The van der Waals surface area contributed by atoms with Gasteiger partial charge in [0.1, 0.15) is 0 Å². The Morgan fingerprint density at radius 2 is 2.13 bits per heavy atom. The molecule has 15 heavy (non-hydrogen) atoms. The molecule has 2 heterocycles. The second-order valence-electron chi connectivity index (χ2n) is 3.57. The average molecular weight is 244 g/mol. The molecule has 2 rings (SSSR count). The minimum absolute atomic E-state index is 0.102. The van der Waals surface area contributed by atoms with Crippen molar-refractivity contribution in [3.8, 4) is 0 Å². The topological polar surface area (TPSA) is 43.3 Å². The maximum absolute atomic E-state index is 6.04. The van der Waals surface area contributed by atoms with E-state index >= 15 is 0 Å². The summed E-state index contributed by atoms with van der Waals surface area (Å²) >= 11 is 12.0. The summed E-state index contributed by atoms with van der Waals surface area (Å²) in [4.78, 5) is 4.37. The lowest BCUT2D eigenvalue weighted by atomic mass is 10.2. The van der Waals surface area contributed by atoms with Crippen LogP contribution in [0.2, 0.25) is 10.0 Å². The van der Waals surface area contributed by atoms with Crippen LogP contribution in [0.4, 0.5) is 0 Å². The van der Waals surface area contributed by atoms with E-state index in [1.54, 1.807) is 12.3 Å². The van der Waals surface area contributed by atoms with Crippen molar-refractivity contribution in [2.45, 2.75) is 19.9 Å². The van der Waals surface area contributed by atoms with Gasteiger partial charge in [0, 0.05) is 12.2 Å². The maximum atomic E-state index is 6.04. The van der Waals surface area contributed by atoms with Crippen molar-refractivity contribution in [2.24, 2.45) is 5.73 Å². The summed E-state index contributed by atoms with van der Waals surface area (Å²) in [6.45, 7) is 3.82. The Balaban J connectivity index is 2.86. The van der Waals surface area contributed by atoms with Gasteiger partial charge in [0.15, 0.2) is 5.65 Å². The Hall–Kier alpha value is -0.770. The van der Waals surface area contributed by atoms with Crippen LogP contribution >= 0.6 is 23.2 Å². The molecule has 1 atom stereocenters. The van der Waals surface area contributed by atoms with Gasteiger partial charge in [-0.25, -0.2) is 4.98 Å². The Morgan fingerprint density at radius 1 is 1.47 bits per heavy atom. The van der Waals surface area contributed by atoms with E-state index in [2.05, 4.69) is 4.98 Å². The predicted molar refractivity (Wildman–Crippen MR) is 62.6 cm³/mol. The van der Waals surface area contributed by atoms with E-state index in [9.17, 15) is 0 Å². The number of hydrogen-bond acceptors (Lipinski definition) is 2. The number of aryl methyl sites for hydroxylation is 1. The molecular formula is C10H11Cl2N3. The number of fused-ring (bicyclic) bond motifs is 1. The number of imidazole rings is 1. The molecule has 2 aromatic heterocycles. The van der Waals surface area contributed by atoms with Crippen molar-refractivity contribution in [3.63, 3.8) is 0 Å². The van der Waals surface area contributed by atoms with Crippen LogP contribution in [-0.4, -0.2) is 9.38 Å². The van der Waals surface area contributed by atoms with Crippen molar-refractivity contribution < 1.29 is 0 Å². The van der Waals surface area contributed by atoms with Crippen molar-refractivity contribution in [3.05, 3.63) is 33.7 Å². The average Bonchev–Trinajstić information content (AvgIpc) is 2.41. The maximum Gasteiger partial charge on any atom is 0.156 e. The first kappa shape index (κ1) is 10.7. The first-order chi connectivity index (χ1) is 7.00. The number of hydrogen-bond donors (Lipinski definition) is 1. The van der Waals surface area contributed by atoms with Gasteiger partial charge in [-0.3, -0.25) is 4.40 Å². The molecular weight excluding hydrogens is 233 g/mol. The normalized spacial score (nSPS) is 13.4. The zero-order chi connectivity index (χ0) is 11.2. The van der Waals surface area contributed by atoms with Gasteiger partial charge < -0.3 is 5.73 Å². The van der Waals surface area contributed by atoms with Gasteiger partial charge in [0.25, 0.3) is 0 Å². The van der Waals surface area contributed by atoms with E-state index in [-0.39, 0.29) is 6.04 Å². The molecule has 80 valence electrons. The van der Waals surface area contributed by atoms with Crippen LogP contribution < -0.4 is 5.73 Å². The molecule has 0 radical (unpaired) electrons. The van der Waals surface area contributed by atoms with E-state index in [0.717, 1.165) is 11.4 Å². The zero-order valence-corrected chi connectivity index (χ0v) is 9.97. The Labute approximate surface area is 97.8 Å². The molecule has 0 saturated carbocycles. The van der Waals surface area contributed by atoms with Crippen LogP contribution in [0.15, 0.2) is 12.3 Å². The molecule has 2 aromatic rings. The lowest BCUT2D eigenvalue weighted by molar-refractivity contribution is 0.761. The standard InChI is InChI=1S/C10H11Cl2N3/c1-5(13)9-6(2)14-10-8(12)3-7(11)4-15(9)10/h3-5H,13H2,1-2H3. The molecule has 0 bridgehead atoms. The van der Waals surface area contributed by atoms with Gasteiger partial charge in [-0.15, -0.1) is 0 Å².